The molecule has 0 aromatic heterocycles. The van der Waals surface area contributed by atoms with E-state index in [1.54, 1.807) is 45.2 Å². The van der Waals surface area contributed by atoms with Gasteiger partial charge in [0.15, 0.2) is 17.1 Å². The highest BCUT2D eigenvalue weighted by Gasteiger charge is 2.63. The molecule has 248 valence electrons. The van der Waals surface area contributed by atoms with Crippen LogP contribution in [0.5, 0.6) is 5.75 Å². The molecule has 0 fully saturated rings. The fraction of sp³-hybridized carbons (Fsp3) is 0.333. The number of hydrogen-bond acceptors (Lipinski definition) is 10. The SMILES string of the molecule is C=C(C)c1cc(NC(=O)Nc2cc(N(C)C)c3c(c2O)C(=O)C2=C(O)[C@]4(O)C(=O)C(C(N)=O)=C(O)[C@@H](N(C)C)[C@@H]4C[C@@H]2C3)ccc1I. The van der Waals surface area contributed by atoms with Gasteiger partial charge in [0.25, 0.3) is 5.91 Å². The molecule has 3 aliphatic carbocycles. The Labute approximate surface area is 284 Å². The lowest BCUT2D eigenvalue weighted by Gasteiger charge is -2.50. The Morgan fingerprint density at radius 3 is 2.32 bits per heavy atom. The minimum atomic E-state index is -2.75. The number of phenols is 1. The van der Waals surface area contributed by atoms with Crippen molar-refractivity contribution in [1.82, 2.24) is 4.90 Å². The Balaban J connectivity index is 1.59. The first-order chi connectivity index (χ1) is 21.9. The van der Waals surface area contributed by atoms with Crippen molar-refractivity contribution >= 4 is 68.7 Å². The summed E-state index contributed by atoms with van der Waals surface area (Å²) in [6, 6.07) is 5.02. The van der Waals surface area contributed by atoms with Crippen LogP contribution in [0.4, 0.5) is 21.9 Å². The lowest BCUT2D eigenvalue weighted by molar-refractivity contribution is -0.148. The Hall–Kier alpha value is -4.41. The van der Waals surface area contributed by atoms with Crippen LogP contribution in [0.1, 0.15) is 34.8 Å². The van der Waals surface area contributed by atoms with Crippen LogP contribution in [-0.2, 0) is 16.0 Å². The predicted molar refractivity (Wildman–Crippen MR) is 185 cm³/mol. The summed E-state index contributed by atoms with van der Waals surface area (Å²) < 4.78 is 0.947. The second kappa shape index (κ2) is 12.0. The van der Waals surface area contributed by atoms with Crippen molar-refractivity contribution in [2.75, 3.05) is 43.7 Å². The number of nitrogens with two attached hydrogens (primary N) is 1. The van der Waals surface area contributed by atoms with Crippen molar-refractivity contribution in [3.63, 3.8) is 0 Å². The first-order valence-corrected chi connectivity index (χ1v) is 15.7. The number of allylic oxidation sites excluding steroid dienone is 2. The van der Waals surface area contributed by atoms with E-state index < -0.39 is 69.8 Å². The number of carbonyl (C=O) groups excluding carboxylic acids is 4. The van der Waals surface area contributed by atoms with Crippen LogP contribution in [0.2, 0.25) is 0 Å². The topological polar surface area (TPSA) is 206 Å². The smallest absolute Gasteiger partial charge is 0.323 e. The number of hydrogen-bond donors (Lipinski definition) is 7. The number of halogens is 1. The maximum Gasteiger partial charge on any atom is 0.323 e. The molecule has 4 atom stereocenters. The number of likely N-dealkylation sites (N-methyl/N-ethyl adjacent to an activating group) is 1. The molecule has 0 aliphatic heterocycles. The number of rotatable bonds is 6. The zero-order valence-corrected chi connectivity index (χ0v) is 28.6. The molecule has 0 radical (unpaired) electrons. The number of carbonyl (C=O) groups is 4. The number of nitrogens with zero attached hydrogens (tertiary/aromatic N) is 2. The number of primary amides is 1. The molecule has 2 aromatic rings. The number of ketones is 2. The molecule has 0 saturated carbocycles. The van der Waals surface area contributed by atoms with E-state index in [0.29, 0.717) is 16.9 Å². The lowest BCUT2D eigenvalue weighted by atomic mass is 9.58. The summed E-state index contributed by atoms with van der Waals surface area (Å²) in [5.74, 6) is -7.51. The van der Waals surface area contributed by atoms with Crippen molar-refractivity contribution in [1.29, 1.82) is 0 Å². The Morgan fingerprint density at radius 1 is 1.09 bits per heavy atom. The lowest BCUT2D eigenvalue weighted by Crippen LogP contribution is -2.63. The van der Waals surface area contributed by atoms with Gasteiger partial charge in [-0.15, -0.1) is 0 Å². The highest BCUT2D eigenvalue weighted by molar-refractivity contribution is 14.1. The van der Waals surface area contributed by atoms with E-state index in [9.17, 15) is 39.6 Å². The van der Waals surface area contributed by atoms with Crippen LogP contribution in [-0.4, -0.2) is 88.7 Å². The summed E-state index contributed by atoms with van der Waals surface area (Å²) in [7, 11) is 6.59. The van der Waals surface area contributed by atoms with E-state index >= 15 is 0 Å². The number of Topliss-reactive ketones (excluding diaryl/α,β-unsaturated/α-hetero) is 2. The van der Waals surface area contributed by atoms with E-state index in [0.717, 1.165) is 14.7 Å². The number of fused-ring (bicyclic) bond motifs is 3. The summed E-state index contributed by atoms with van der Waals surface area (Å²) in [5, 5.41) is 51.1. The van der Waals surface area contributed by atoms with Gasteiger partial charge >= 0.3 is 6.03 Å². The first-order valence-electron chi connectivity index (χ1n) is 14.7. The van der Waals surface area contributed by atoms with Gasteiger partial charge in [-0.25, -0.2) is 4.79 Å². The second-order valence-corrected chi connectivity index (χ2v) is 13.7. The number of benzene rings is 2. The number of phenolic OH excluding ortho intramolecular Hbond substituents is 1. The van der Waals surface area contributed by atoms with Crippen LogP contribution in [0.15, 0.2) is 53.5 Å². The third-order valence-electron chi connectivity index (χ3n) is 9.11. The van der Waals surface area contributed by atoms with Crippen LogP contribution in [0.25, 0.3) is 5.57 Å². The number of aliphatic hydroxyl groups is 3. The third-order valence-corrected chi connectivity index (χ3v) is 10.1. The Kier molecular flexibility index (Phi) is 8.66. The van der Waals surface area contributed by atoms with Gasteiger partial charge in [-0.2, -0.15) is 0 Å². The zero-order valence-electron chi connectivity index (χ0n) is 26.4. The molecular formula is C33H36IN5O8. The molecule has 0 saturated heterocycles. The number of urea groups is 1. The molecule has 0 bridgehead atoms. The fourth-order valence-corrected chi connectivity index (χ4v) is 7.80. The van der Waals surface area contributed by atoms with E-state index in [-0.39, 0.29) is 29.7 Å². The van der Waals surface area contributed by atoms with Gasteiger partial charge in [-0.1, -0.05) is 6.58 Å². The van der Waals surface area contributed by atoms with E-state index in [1.807, 2.05) is 13.0 Å². The summed E-state index contributed by atoms with van der Waals surface area (Å²) in [6.45, 7) is 5.80. The maximum absolute atomic E-state index is 14.2. The fourth-order valence-electron chi connectivity index (χ4n) is 7.01. The van der Waals surface area contributed by atoms with Gasteiger partial charge in [0, 0.05) is 40.5 Å². The zero-order chi connectivity index (χ0) is 34.9. The van der Waals surface area contributed by atoms with Crippen molar-refractivity contribution in [3.8, 4) is 5.75 Å². The number of aromatic hydroxyl groups is 1. The number of aliphatic hydroxyl groups excluding tert-OH is 2. The predicted octanol–water partition coefficient (Wildman–Crippen LogP) is 3.47. The van der Waals surface area contributed by atoms with Crippen molar-refractivity contribution in [2.24, 2.45) is 17.6 Å². The van der Waals surface area contributed by atoms with Crippen LogP contribution >= 0.6 is 22.6 Å². The maximum atomic E-state index is 14.2. The molecule has 3 aliphatic rings. The van der Waals surface area contributed by atoms with Crippen molar-refractivity contribution < 1.29 is 39.6 Å². The van der Waals surface area contributed by atoms with Crippen molar-refractivity contribution in [2.45, 2.75) is 31.4 Å². The molecule has 14 heteroatoms. The number of nitrogens with one attached hydrogen (secondary N) is 2. The molecule has 8 N–H and O–H groups in total. The largest absolute Gasteiger partial charge is 0.510 e. The van der Waals surface area contributed by atoms with Gasteiger partial charge in [-0.3, -0.25) is 19.3 Å². The summed E-state index contributed by atoms with van der Waals surface area (Å²) in [5.41, 5.74) is 4.22. The van der Waals surface area contributed by atoms with Gasteiger partial charge in [0.2, 0.25) is 5.78 Å². The minimum Gasteiger partial charge on any atom is -0.510 e. The molecule has 13 nitrogen and oxygen atoms in total. The van der Waals surface area contributed by atoms with E-state index in [1.165, 1.54) is 11.0 Å². The molecule has 0 unspecified atom stereocenters. The second-order valence-electron chi connectivity index (χ2n) is 12.6. The highest BCUT2D eigenvalue weighted by atomic mass is 127. The molecule has 47 heavy (non-hydrogen) atoms. The normalized spacial score (nSPS) is 23.6. The Bertz CT molecular complexity index is 1850. The van der Waals surface area contributed by atoms with E-state index in [4.69, 9.17) is 5.73 Å². The van der Waals surface area contributed by atoms with Gasteiger partial charge in [0.1, 0.15) is 17.1 Å². The van der Waals surface area contributed by atoms with Gasteiger partial charge in [0.05, 0.1) is 17.3 Å². The van der Waals surface area contributed by atoms with Crippen LogP contribution in [0, 0.1) is 15.4 Å². The molecule has 5 rings (SSSR count). The van der Waals surface area contributed by atoms with Gasteiger partial charge < -0.3 is 41.7 Å². The van der Waals surface area contributed by atoms with Gasteiger partial charge in [-0.05, 0) is 103 Å². The third kappa shape index (κ3) is 5.33. The highest BCUT2D eigenvalue weighted by Crippen LogP contribution is 2.54. The molecule has 3 amide bonds. The first kappa shape index (κ1) is 33.9. The minimum absolute atomic E-state index is 0.0377. The van der Waals surface area contributed by atoms with Crippen LogP contribution < -0.4 is 21.3 Å². The number of anilines is 3. The summed E-state index contributed by atoms with van der Waals surface area (Å²) in [6.07, 6.45) is 0.0679. The summed E-state index contributed by atoms with van der Waals surface area (Å²) >= 11 is 2.16. The standard InChI is InChI=1S/C33H36IN5O8/c1-13(2)16-11-15(7-8-19(16)34)36-32(46)37-20-12-21(38(3)4)17-9-14-10-18-25(39(5)6)28(42)24(31(35)45)30(44)33(18,47)29(43)22(14)27(41)23(17)26(20)40/h7-8,11-12,14,18,25,40,42-43,47H,1,9-10H2,2-6H3,(H2,35,45)(H2,36,37,46)/t14-,18-,25-,33-/m0/s1. The quantitative estimate of drug-likeness (QED) is 0.130. The molecular weight excluding hydrogens is 721 g/mol. The monoisotopic (exact) mass is 757 g/mol. The average Bonchev–Trinajstić information content (AvgIpc) is 2.96. The average molecular weight is 758 g/mol. The van der Waals surface area contributed by atoms with Crippen LogP contribution in [0.3, 0.4) is 0 Å². The molecule has 0 spiro atoms. The number of amides is 3. The van der Waals surface area contributed by atoms with E-state index in [2.05, 4.69) is 39.8 Å². The summed E-state index contributed by atoms with van der Waals surface area (Å²) in [4.78, 5) is 56.3. The molecule has 0 heterocycles. The molecule has 2 aromatic carbocycles. The van der Waals surface area contributed by atoms with Crippen molar-refractivity contribution in [3.05, 3.63) is 73.8 Å². The Morgan fingerprint density at radius 2 is 1.74 bits per heavy atom.